The molecular formula is C11H17NO6. The maximum absolute atomic E-state index is 10.7. The van der Waals surface area contributed by atoms with E-state index in [2.05, 4.69) is 27.9 Å². The molecule has 2 atom stereocenters. The van der Waals surface area contributed by atoms with Crippen LogP contribution in [0.5, 0.6) is 0 Å². The maximum atomic E-state index is 10.7. The van der Waals surface area contributed by atoms with Gasteiger partial charge >= 0.3 is 11.9 Å². The fourth-order valence-corrected chi connectivity index (χ4v) is 0.904. The lowest BCUT2D eigenvalue weighted by molar-refractivity contribution is -0.143. The van der Waals surface area contributed by atoms with E-state index in [1.165, 1.54) is 0 Å². The zero-order chi connectivity index (χ0) is 14.0. The van der Waals surface area contributed by atoms with Crippen LogP contribution in [0.25, 0.3) is 0 Å². The fourth-order valence-electron chi connectivity index (χ4n) is 0.904. The minimum absolute atomic E-state index is 0.0296. The molecule has 18 heavy (non-hydrogen) atoms. The van der Waals surface area contributed by atoms with Crippen molar-refractivity contribution in [3.8, 4) is 0 Å². The Balaban J connectivity index is 3.69. The van der Waals surface area contributed by atoms with Gasteiger partial charge in [0.1, 0.15) is 19.1 Å². The van der Waals surface area contributed by atoms with Crippen LogP contribution in [0.4, 0.5) is 0 Å². The molecule has 0 saturated heterocycles. The molecule has 0 spiro atoms. The molecule has 0 amide bonds. The largest absolute Gasteiger partial charge is 0.462 e. The van der Waals surface area contributed by atoms with Crippen molar-refractivity contribution in [3.63, 3.8) is 0 Å². The van der Waals surface area contributed by atoms with E-state index in [4.69, 9.17) is 0 Å². The second kappa shape index (κ2) is 9.34. The number of aliphatic hydroxyl groups is 2. The molecule has 0 aliphatic carbocycles. The zero-order valence-electron chi connectivity index (χ0n) is 9.87. The number of carbonyl (C=O) groups is 2. The highest BCUT2D eigenvalue weighted by Gasteiger charge is 2.12. The predicted molar refractivity (Wildman–Crippen MR) is 62.1 cm³/mol. The van der Waals surface area contributed by atoms with Gasteiger partial charge in [-0.15, -0.1) is 0 Å². The maximum Gasteiger partial charge on any atom is 0.330 e. The lowest BCUT2D eigenvalue weighted by atomic mass is 10.4. The summed E-state index contributed by atoms with van der Waals surface area (Å²) in [6.45, 7) is 6.03. The van der Waals surface area contributed by atoms with Crippen LogP contribution in [0.15, 0.2) is 25.3 Å². The summed E-state index contributed by atoms with van der Waals surface area (Å²) in [6.07, 6.45) is -0.285. The van der Waals surface area contributed by atoms with Crippen molar-refractivity contribution in [2.75, 3.05) is 13.2 Å². The molecule has 0 rings (SSSR count). The van der Waals surface area contributed by atoms with Crippen LogP contribution in [0, 0.1) is 0 Å². The van der Waals surface area contributed by atoms with Crippen molar-refractivity contribution in [1.82, 2.24) is 5.32 Å². The van der Waals surface area contributed by atoms with Crippen LogP contribution >= 0.6 is 0 Å². The topological polar surface area (TPSA) is 105 Å². The summed E-state index contributed by atoms with van der Waals surface area (Å²) >= 11 is 0. The Morgan fingerprint density at radius 1 is 1.11 bits per heavy atom. The third-order valence-corrected chi connectivity index (χ3v) is 1.74. The quantitative estimate of drug-likeness (QED) is 0.279. The number of carbonyl (C=O) groups excluding carboxylic acids is 2. The van der Waals surface area contributed by atoms with Gasteiger partial charge in [0.15, 0.2) is 0 Å². The molecule has 3 N–H and O–H groups in total. The summed E-state index contributed by atoms with van der Waals surface area (Å²) in [5.74, 6) is -1.27. The molecule has 2 unspecified atom stereocenters. The van der Waals surface area contributed by atoms with Crippen LogP contribution in [0.2, 0.25) is 0 Å². The molecule has 0 fully saturated rings. The van der Waals surface area contributed by atoms with E-state index in [-0.39, 0.29) is 19.6 Å². The van der Waals surface area contributed by atoms with Crippen molar-refractivity contribution < 1.29 is 29.3 Å². The Morgan fingerprint density at radius 2 is 1.67 bits per heavy atom. The van der Waals surface area contributed by atoms with E-state index in [9.17, 15) is 19.8 Å². The third kappa shape index (κ3) is 8.45. The second-order valence-corrected chi connectivity index (χ2v) is 3.19. The van der Waals surface area contributed by atoms with Crippen molar-refractivity contribution in [3.05, 3.63) is 25.3 Å². The van der Waals surface area contributed by atoms with E-state index in [0.29, 0.717) is 0 Å². The average Bonchev–Trinajstić information content (AvgIpc) is 2.35. The second-order valence-electron chi connectivity index (χ2n) is 3.19. The Labute approximate surface area is 105 Å². The Hall–Kier alpha value is -1.70. The van der Waals surface area contributed by atoms with Crippen molar-refractivity contribution >= 4 is 11.9 Å². The molecule has 0 aromatic heterocycles. The molecule has 0 aliphatic rings. The summed E-state index contributed by atoms with van der Waals surface area (Å²) in [7, 11) is 0. The molecule has 7 heteroatoms. The average molecular weight is 259 g/mol. The lowest BCUT2D eigenvalue weighted by Gasteiger charge is -2.17. The van der Waals surface area contributed by atoms with Crippen LogP contribution in [0.3, 0.4) is 0 Å². The first-order chi connectivity index (χ1) is 8.49. The Bertz CT molecular complexity index is 304. The molecule has 0 saturated carbocycles. The monoisotopic (exact) mass is 259 g/mol. The summed E-state index contributed by atoms with van der Waals surface area (Å²) in [6, 6.07) is 0. The van der Waals surface area contributed by atoms with Gasteiger partial charge in [0.25, 0.3) is 0 Å². The highest BCUT2D eigenvalue weighted by molar-refractivity contribution is 5.81. The Morgan fingerprint density at radius 3 is 2.22 bits per heavy atom. The predicted octanol–water partition coefficient (Wildman–Crippen LogP) is -0.939. The third-order valence-electron chi connectivity index (χ3n) is 1.74. The van der Waals surface area contributed by atoms with Crippen LogP contribution in [-0.4, -0.2) is 47.8 Å². The van der Waals surface area contributed by atoms with Gasteiger partial charge in [-0.3, -0.25) is 5.32 Å². The van der Waals surface area contributed by atoms with E-state index in [1.807, 2.05) is 0 Å². The molecule has 102 valence electrons. The van der Waals surface area contributed by atoms with Gasteiger partial charge in [-0.2, -0.15) is 0 Å². The smallest absolute Gasteiger partial charge is 0.330 e. The first kappa shape index (κ1) is 16.3. The SMILES string of the molecule is C=CC(=O)OCCC(O)NC(O)COC(=O)C=C. The lowest BCUT2D eigenvalue weighted by Crippen LogP contribution is -2.41. The van der Waals surface area contributed by atoms with Crippen LogP contribution in [0.1, 0.15) is 6.42 Å². The normalized spacial score (nSPS) is 13.2. The van der Waals surface area contributed by atoms with Gasteiger partial charge in [-0.25, -0.2) is 9.59 Å². The number of hydrogen-bond donors (Lipinski definition) is 3. The number of aliphatic hydroxyl groups excluding tert-OH is 2. The summed E-state index contributed by atoms with van der Waals surface area (Å²) in [4.78, 5) is 21.3. The van der Waals surface area contributed by atoms with Gasteiger partial charge in [-0.1, -0.05) is 13.2 Å². The first-order valence-corrected chi connectivity index (χ1v) is 5.20. The highest BCUT2D eigenvalue weighted by atomic mass is 16.5. The molecule has 0 aromatic rings. The van der Waals surface area contributed by atoms with E-state index in [1.54, 1.807) is 0 Å². The van der Waals surface area contributed by atoms with Gasteiger partial charge in [0.2, 0.25) is 0 Å². The summed E-state index contributed by atoms with van der Waals surface area (Å²) < 4.78 is 9.16. The number of nitrogens with one attached hydrogen (secondary N) is 1. The molecule has 0 aromatic carbocycles. The summed E-state index contributed by atoms with van der Waals surface area (Å²) in [5, 5.41) is 21.0. The van der Waals surface area contributed by atoms with Gasteiger partial charge in [0, 0.05) is 18.6 Å². The number of hydrogen-bond acceptors (Lipinski definition) is 7. The number of ether oxygens (including phenoxy) is 2. The highest BCUT2D eigenvalue weighted by Crippen LogP contribution is 1.93. The van der Waals surface area contributed by atoms with Gasteiger partial charge < -0.3 is 19.7 Å². The molecule has 7 nitrogen and oxygen atoms in total. The van der Waals surface area contributed by atoms with Crippen molar-refractivity contribution in [2.45, 2.75) is 18.9 Å². The molecule has 0 aliphatic heterocycles. The summed E-state index contributed by atoms with van der Waals surface area (Å²) in [5.41, 5.74) is 0. The number of rotatable bonds is 9. The van der Waals surface area contributed by atoms with Crippen molar-refractivity contribution in [2.24, 2.45) is 0 Å². The minimum Gasteiger partial charge on any atom is -0.462 e. The van der Waals surface area contributed by atoms with E-state index < -0.39 is 24.4 Å². The Kier molecular flexibility index (Phi) is 8.46. The zero-order valence-corrected chi connectivity index (χ0v) is 9.87. The van der Waals surface area contributed by atoms with Gasteiger partial charge in [0.05, 0.1) is 6.61 Å². The number of esters is 2. The molecule has 0 heterocycles. The minimum atomic E-state index is -1.22. The fraction of sp³-hybridized carbons (Fsp3) is 0.455. The van der Waals surface area contributed by atoms with E-state index >= 15 is 0 Å². The van der Waals surface area contributed by atoms with Crippen LogP contribution < -0.4 is 5.32 Å². The van der Waals surface area contributed by atoms with Crippen molar-refractivity contribution in [1.29, 1.82) is 0 Å². The van der Waals surface area contributed by atoms with E-state index in [0.717, 1.165) is 12.2 Å². The standard InChI is InChI=1S/C11H17NO6/c1-3-10(15)17-6-5-8(13)12-9(14)7-18-11(16)4-2/h3-4,8-9,12-14H,1-2,5-7H2. The molecule has 0 radical (unpaired) electrons. The first-order valence-electron chi connectivity index (χ1n) is 5.20. The van der Waals surface area contributed by atoms with Gasteiger partial charge in [-0.05, 0) is 0 Å². The molecule has 0 bridgehead atoms. The molecular weight excluding hydrogens is 242 g/mol. The van der Waals surface area contributed by atoms with Crippen LogP contribution in [-0.2, 0) is 19.1 Å².